The van der Waals surface area contributed by atoms with E-state index in [1.165, 1.54) is 16.6 Å². The standard InChI is InChI=1S/C15H21N3.HI/c1-17(2)10-5-9-16-14-8-7-13-6-4-11-18(3)15(13)12-14;/h4,6-8,11-12H,5,9-10H2,1-3H3;1H. The van der Waals surface area contributed by atoms with E-state index in [4.69, 9.17) is 0 Å². The van der Waals surface area contributed by atoms with Crippen molar-refractivity contribution in [2.45, 2.75) is 6.42 Å². The summed E-state index contributed by atoms with van der Waals surface area (Å²) in [6, 6.07) is 10.8. The van der Waals surface area contributed by atoms with Crippen LogP contribution in [0, 0.1) is 0 Å². The van der Waals surface area contributed by atoms with Gasteiger partial charge in [-0.3, -0.25) is 0 Å². The van der Waals surface area contributed by atoms with Gasteiger partial charge in [-0.15, -0.1) is 0 Å². The molecule has 2 aromatic rings. The van der Waals surface area contributed by atoms with E-state index in [1.807, 2.05) is 0 Å². The highest BCUT2D eigenvalue weighted by atomic mass is 127. The Labute approximate surface area is 132 Å². The van der Waals surface area contributed by atoms with Gasteiger partial charge in [-0.05, 0) is 45.3 Å². The Balaban J connectivity index is 0.00000180. The van der Waals surface area contributed by atoms with Gasteiger partial charge >= 0.3 is 0 Å². The van der Waals surface area contributed by atoms with Crippen molar-refractivity contribution in [1.82, 2.24) is 4.90 Å². The first-order chi connectivity index (χ1) is 8.66. The van der Waals surface area contributed by atoms with Gasteiger partial charge in [0.25, 0.3) is 0 Å². The number of halogens is 1. The Morgan fingerprint density at radius 1 is 1.21 bits per heavy atom. The topological polar surface area (TPSA) is 19.1 Å². The number of nitrogens with one attached hydrogen (secondary N) is 1. The van der Waals surface area contributed by atoms with Gasteiger partial charge in [0.1, 0.15) is 7.05 Å². The largest absolute Gasteiger partial charge is 1.00 e. The van der Waals surface area contributed by atoms with Crippen LogP contribution < -0.4 is 33.9 Å². The summed E-state index contributed by atoms with van der Waals surface area (Å²) in [7, 11) is 6.30. The van der Waals surface area contributed by atoms with Crippen LogP contribution in [0.15, 0.2) is 36.5 Å². The molecule has 0 saturated heterocycles. The normalized spacial score (nSPS) is 10.5. The fourth-order valence-corrected chi connectivity index (χ4v) is 2.08. The monoisotopic (exact) mass is 371 g/mol. The number of anilines is 1. The predicted octanol–water partition coefficient (Wildman–Crippen LogP) is -0.968. The molecule has 0 aliphatic carbocycles. The second-order valence-corrected chi connectivity index (χ2v) is 4.98. The maximum Gasteiger partial charge on any atom is 0.214 e. The smallest absolute Gasteiger partial charge is 0.214 e. The van der Waals surface area contributed by atoms with Crippen molar-refractivity contribution >= 4 is 16.6 Å². The van der Waals surface area contributed by atoms with E-state index < -0.39 is 0 Å². The van der Waals surface area contributed by atoms with Crippen molar-refractivity contribution in [3.05, 3.63) is 36.5 Å². The number of hydrogen-bond acceptors (Lipinski definition) is 2. The summed E-state index contributed by atoms with van der Waals surface area (Å²) in [5.74, 6) is 0. The molecule has 104 valence electrons. The number of fused-ring (bicyclic) bond motifs is 1. The number of benzene rings is 1. The predicted molar refractivity (Wildman–Crippen MR) is 76.8 cm³/mol. The molecule has 1 aromatic carbocycles. The first-order valence-corrected chi connectivity index (χ1v) is 6.44. The number of nitrogens with zero attached hydrogens (tertiary/aromatic N) is 2. The summed E-state index contributed by atoms with van der Waals surface area (Å²) in [6.07, 6.45) is 3.24. The number of pyridine rings is 1. The van der Waals surface area contributed by atoms with Gasteiger partial charge < -0.3 is 34.2 Å². The van der Waals surface area contributed by atoms with E-state index in [-0.39, 0.29) is 24.0 Å². The molecule has 3 nitrogen and oxygen atoms in total. The number of aromatic nitrogens is 1. The lowest BCUT2D eigenvalue weighted by molar-refractivity contribution is -0.644. The third-order valence-corrected chi connectivity index (χ3v) is 3.11. The lowest BCUT2D eigenvalue weighted by Crippen LogP contribution is -3.00. The highest BCUT2D eigenvalue weighted by Gasteiger charge is 2.04. The van der Waals surface area contributed by atoms with E-state index in [2.05, 4.69) is 72.5 Å². The van der Waals surface area contributed by atoms with E-state index in [0.717, 1.165) is 19.5 Å². The molecule has 0 radical (unpaired) electrons. The second-order valence-electron chi connectivity index (χ2n) is 4.98. The Hall–Kier alpha value is -0.880. The van der Waals surface area contributed by atoms with Crippen molar-refractivity contribution in [2.24, 2.45) is 7.05 Å². The number of rotatable bonds is 5. The summed E-state index contributed by atoms with van der Waals surface area (Å²) >= 11 is 0. The third kappa shape index (κ3) is 4.62. The van der Waals surface area contributed by atoms with Gasteiger partial charge in [-0.25, -0.2) is 4.57 Å². The summed E-state index contributed by atoms with van der Waals surface area (Å²) < 4.78 is 2.15. The molecule has 0 amide bonds. The third-order valence-electron chi connectivity index (χ3n) is 3.11. The molecule has 4 heteroatoms. The lowest BCUT2D eigenvalue weighted by atomic mass is 10.2. The van der Waals surface area contributed by atoms with E-state index in [1.54, 1.807) is 0 Å². The Morgan fingerprint density at radius 3 is 2.74 bits per heavy atom. The van der Waals surface area contributed by atoms with Gasteiger partial charge in [0, 0.05) is 29.8 Å². The van der Waals surface area contributed by atoms with Crippen LogP contribution in [0.5, 0.6) is 0 Å². The molecule has 0 bridgehead atoms. The van der Waals surface area contributed by atoms with Gasteiger partial charge in [0.05, 0.1) is 0 Å². The molecule has 19 heavy (non-hydrogen) atoms. The molecule has 0 saturated carbocycles. The van der Waals surface area contributed by atoms with Crippen molar-refractivity contribution < 1.29 is 28.5 Å². The zero-order valence-corrected chi connectivity index (χ0v) is 14.0. The molecule has 0 aliphatic heterocycles. The Kier molecular flexibility index (Phi) is 6.51. The fraction of sp³-hybridized carbons (Fsp3) is 0.400. The molecular formula is C15H22IN3. The summed E-state index contributed by atoms with van der Waals surface area (Å²) in [4.78, 5) is 2.21. The molecule has 1 heterocycles. The Bertz CT molecular complexity index is 526. The molecule has 0 aliphatic rings. The van der Waals surface area contributed by atoms with Crippen LogP contribution in [-0.4, -0.2) is 32.1 Å². The minimum absolute atomic E-state index is 0. The zero-order chi connectivity index (χ0) is 13.0. The fourth-order valence-electron chi connectivity index (χ4n) is 2.08. The van der Waals surface area contributed by atoms with Crippen LogP contribution >= 0.6 is 0 Å². The summed E-state index contributed by atoms with van der Waals surface area (Å²) in [5.41, 5.74) is 2.46. The summed E-state index contributed by atoms with van der Waals surface area (Å²) in [5, 5.41) is 4.76. The molecular weight excluding hydrogens is 349 g/mol. The minimum atomic E-state index is 0. The SMILES string of the molecule is CN(C)CCCNc1ccc2ccc[n+](C)c2c1.[I-]. The molecule has 2 rings (SSSR count). The van der Waals surface area contributed by atoms with Crippen LogP contribution in [0.3, 0.4) is 0 Å². The molecule has 1 aromatic heterocycles. The maximum absolute atomic E-state index is 3.48. The first kappa shape index (κ1) is 16.2. The van der Waals surface area contributed by atoms with E-state index in [9.17, 15) is 0 Å². The van der Waals surface area contributed by atoms with Crippen LogP contribution in [0.2, 0.25) is 0 Å². The van der Waals surface area contributed by atoms with E-state index in [0.29, 0.717) is 0 Å². The first-order valence-electron chi connectivity index (χ1n) is 6.44. The Morgan fingerprint density at radius 2 is 2.00 bits per heavy atom. The molecule has 0 atom stereocenters. The average molecular weight is 371 g/mol. The van der Waals surface area contributed by atoms with Crippen LogP contribution in [0.4, 0.5) is 5.69 Å². The van der Waals surface area contributed by atoms with Crippen molar-refractivity contribution in [3.63, 3.8) is 0 Å². The molecule has 0 fully saturated rings. The van der Waals surface area contributed by atoms with E-state index >= 15 is 0 Å². The van der Waals surface area contributed by atoms with Crippen molar-refractivity contribution in [1.29, 1.82) is 0 Å². The highest BCUT2D eigenvalue weighted by Crippen LogP contribution is 2.15. The highest BCUT2D eigenvalue weighted by molar-refractivity contribution is 5.79. The van der Waals surface area contributed by atoms with Gasteiger partial charge in [0.15, 0.2) is 6.20 Å². The zero-order valence-electron chi connectivity index (χ0n) is 11.9. The van der Waals surface area contributed by atoms with Gasteiger partial charge in [-0.2, -0.15) is 0 Å². The lowest BCUT2D eigenvalue weighted by Gasteiger charge is -2.10. The number of hydrogen-bond donors (Lipinski definition) is 1. The van der Waals surface area contributed by atoms with Crippen molar-refractivity contribution in [2.75, 3.05) is 32.5 Å². The van der Waals surface area contributed by atoms with Crippen LogP contribution in [0.25, 0.3) is 10.9 Å². The number of aryl methyl sites for hydroxylation is 1. The van der Waals surface area contributed by atoms with Crippen molar-refractivity contribution in [3.8, 4) is 0 Å². The second kappa shape index (κ2) is 7.65. The van der Waals surface area contributed by atoms with Gasteiger partial charge in [-0.1, -0.05) is 0 Å². The molecule has 0 unspecified atom stereocenters. The van der Waals surface area contributed by atoms with Crippen LogP contribution in [0.1, 0.15) is 6.42 Å². The minimum Gasteiger partial charge on any atom is -1.00 e. The van der Waals surface area contributed by atoms with Crippen LogP contribution in [-0.2, 0) is 7.05 Å². The average Bonchev–Trinajstić information content (AvgIpc) is 2.35. The quantitative estimate of drug-likeness (QED) is 0.415. The maximum atomic E-state index is 3.48. The molecule has 1 N–H and O–H groups in total. The summed E-state index contributed by atoms with van der Waals surface area (Å²) in [6.45, 7) is 2.13. The van der Waals surface area contributed by atoms with Gasteiger partial charge in [0.2, 0.25) is 5.52 Å². The molecule has 0 spiro atoms.